The van der Waals surface area contributed by atoms with Gasteiger partial charge in [0, 0.05) is 5.56 Å². The van der Waals surface area contributed by atoms with Gasteiger partial charge in [-0.25, -0.2) is 4.79 Å². The third kappa shape index (κ3) is 2.21. The van der Waals surface area contributed by atoms with E-state index in [-0.39, 0.29) is 5.69 Å². The van der Waals surface area contributed by atoms with E-state index in [1.165, 1.54) is 4.68 Å². The lowest BCUT2D eigenvalue weighted by Crippen LogP contribution is -2.15. The molecule has 1 heterocycles. The molecule has 0 radical (unpaired) electrons. The predicted molar refractivity (Wildman–Crippen MR) is 76.2 cm³/mol. The fourth-order valence-electron chi connectivity index (χ4n) is 1.95. The van der Waals surface area contributed by atoms with Gasteiger partial charge in [-0.05, 0) is 24.3 Å². The summed E-state index contributed by atoms with van der Waals surface area (Å²) < 4.78 is 6.43. The second-order valence-corrected chi connectivity index (χ2v) is 4.25. The molecule has 0 amide bonds. The Bertz CT molecular complexity index is 758. The Balaban J connectivity index is 2.02. The monoisotopic (exact) mass is 267 g/mol. The Morgan fingerprint density at radius 3 is 2.40 bits per heavy atom. The zero-order chi connectivity index (χ0) is 13.9. The Kier molecular flexibility index (Phi) is 3.09. The predicted octanol–water partition coefficient (Wildman–Crippen LogP) is 2.24. The fourth-order valence-corrected chi connectivity index (χ4v) is 1.95. The Morgan fingerprint density at radius 2 is 1.75 bits per heavy atom. The van der Waals surface area contributed by atoms with Gasteiger partial charge in [-0.3, -0.25) is 4.98 Å². The van der Waals surface area contributed by atoms with Gasteiger partial charge in [0.15, 0.2) is 5.82 Å². The second kappa shape index (κ2) is 5.05. The first kappa shape index (κ1) is 12.2. The third-order valence-electron chi connectivity index (χ3n) is 2.98. The molecule has 1 aromatic heterocycles. The number of nitrogens with one attached hydrogen (secondary N) is 1. The minimum absolute atomic E-state index is 0.269. The molecule has 5 nitrogen and oxygen atoms in total. The Morgan fingerprint density at radius 1 is 1.05 bits per heavy atom. The minimum Gasteiger partial charge on any atom is -0.497 e. The van der Waals surface area contributed by atoms with Crippen LogP contribution in [0.3, 0.4) is 0 Å². The van der Waals surface area contributed by atoms with E-state index in [0.717, 1.165) is 11.3 Å². The maximum absolute atomic E-state index is 12.0. The van der Waals surface area contributed by atoms with Crippen LogP contribution >= 0.6 is 0 Å². The maximum atomic E-state index is 12.0. The fraction of sp³-hybridized carbons (Fsp3) is 0.0667. The smallest absolute Gasteiger partial charge is 0.348 e. The summed E-state index contributed by atoms with van der Waals surface area (Å²) in [5, 5.41) is 4.31. The van der Waals surface area contributed by atoms with Crippen LogP contribution in [0.25, 0.3) is 17.1 Å². The van der Waals surface area contributed by atoms with Gasteiger partial charge in [-0.15, -0.1) is 5.10 Å². The molecule has 0 fully saturated rings. The number of ether oxygens (including phenoxy) is 1. The molecule has 0 atom stereocenters. The highest BCUT2D eigenvalue weighted by Crippen LogP contribution is 2.15. The van der Waals surface area contributed by atoms with Crippen molar-refractivity contribution in [2.45, 2.75) is 0 Å². The molecular formula is C15H13N3O2. The largest absolute Gasteiger partial charge is 0.497 e. The molecule has 0 aliphatic heterocycles. The van der Waals surface area contributed by atoms with E-state index in [4.69, 9.17) is 4.74 Å². The molecule has 0 aliphatic carbocycles. The van der Waals surface area contributed by atoms with Crippen LogP contribution in [0.15, 0.2) is 59.4 Å². The summed E-state index contributed by atoms with van der Waals surface area (Å²) in [6.45, 7) is 0. The summed E-state index contributed by atoms with van der Waals surface area (Å²) in [7, 11) is 1.60. The van der Waals surface area contributed by atoms with Crippen LogP contribution in [0.5, 0.6) is 5.75 Å². The highest BCUT2D eigenvalue weighted by atomic mass is 16.5. The molecular weight excluding hydrogens is 254 g/mol. The highest BCUT2D eigenvalue weighted by molar-refractivity contribution is 5.54. The Hall–Kier alpha value is -2.82. The van der Waals surface area contributed by atoms with E-state index in [9.17, 15) is 4.79 Å². The van der Waals surface area contributed by atoms with Crippen LogP contribution in [0.4, 0.5) is 0 Å². The summed E-state index contributed by atoms with van der Waals surface area (Å²) in [5.41, 5.74) is 1.29. The van der Waals surface area contributed by atoms with Crippen LogP contribution in [-0.2, 0) is 0 Å². The number of H-pyrrole nitrogens is 1. The molecule has 3 aromatic rings. The van der Waals surface area contributed by atoms with E-state index in [2.05, 4.69) is 10.1 Å². The molecule has 0 saturated heterocycles. The van der Waals surface area contributed by atoms with E-state index >= 15 is 0 Å². The van der Waals surface area contributed by atoms with Crippen LogP contribution in [0.1, 0.15) is 0 Å². The molecule has 0 unspecified atom stereocenters. The molecule has 0 spiro atoms. The van der Waals surface area contributed by atoms with Crippen molar-refractivity contribution in [3.05, 3.63) is 65.1 Å². The van der Waals surface area contributed by atoms with Crippen molar-refractivity contribution in [1.29, 1.82) is 0 Å². The van der Waals surface area contributed by atoms with Crippen molar-refractivity contribution in [2.75, 3.05) is 7.11 Å². The van der Waals surface area contributed by atoms with Crippen LogP contribution < -0.4 is 10.4 Å². The van der Waals surface area contributed by atoms with Crippen molar-refractivity contribution in [2.24, 2.45) is 0 Å². The molecule has 2 aromatic carbocycles. The van der Waals surface area contributed by atoms with Gasteiger partial charge in [0.1, 0.15) is 5.75 Å². The number of rotatable bonds is 3. The van der Waals surface area contributed by atoms with Crippen molar-refractivity contribution in [3.8, 4) is 22.8 Å². The summed E-state index contributed by atoms with van der Waals surface area (Å²) in [6.07, 6.45) is 0. The second-order valence-electron chi connectivity index (χ2n) is 4.25. The zero-order valence-corrected chi connectivity index (χ0v) is 10.9. The van der Waals surface area contributed by atoms with Gasteiger partial charge in [-0.1, -0.05) is 30.3 Å². The van der Waals surface area contributed by atoms with Crippen LogP contribution in [0, 0.1) is 0 Å². The van der Waals surface area contributed by atoms with Gasteiger partial charge in [-0.2, -0.15) is 4.68 Å². The van der Waals surface area contributed by atoms with E-state index in [1.807, 2.05) is 30.3 Å². The topological polar surface area (TPSA) is 59.9 Å². The average molecular weight is 267 g/mol. The first-order chi connectivity index (χ1) is 9.78. The molecule has 3 rings (SSSR count). The molecule has 100 valence electrons. The van der Waals surface area contributed by atoms with Gasteiger partial charge >= 0.3 is 5.69 Å². The molecule has 5 heteroatoms. The SMILES string of the molecule is COc1ccc(-n2nc(-c3ccccc3)[nH]c2=O)cc1. The zero-order valence-electron chi connectivity index (χ0n) is 10.9. The summed E-state index contributed by atoms with van der Waals surface area (Å²) >= 11 is 0. The molecule has 1 N–H and O–H groups in total. The Labute approximate surface area is 115 Å². The molecule has 20 heavy (non-hydrogen) atoms. The lowest BCUT2D eigenvalue weighted by molar-refractivity contribution is 0.414. The van der Waals surface area contributed by atoms with E-state index < -0.39 is 0 Å². The number of nitrogens with zero attached hydrogens (tertiary/aromatic N) is 2. The number of aromatic nitrogens is 3. The minimum atomic E-state index is -0.269. The lowest BCUT2D eigenvalue weighted by Gasteiger charge is -2.01. The maximum Gasteiger partial charge on any atom is 0.348 e. The van der Waals surface area contributed by atoms with Crippen molar-refractivity contribution < 1.29 is 4.74 Å². The first-order valence-corrected chi connectivity index (χ1v) is 6.17. The van der Waals surface area contributed by atoms with Crippen molar-refractivity contribution in [1.82, 2.24) is 14.8 Å². The number of hydrogen-bond donors (Lipinski definition) is 1. The van der Waals surface area contributed by atoms with Crippen LogP contribution in [-0.4, -0.2) is 21.9 Å². The van der Waals surface area contributed by atoms with E-state index in [1.54, 1.807) is 31.4 Å². The van der Waals surface area contributed by atoms with Gasteiger partial charge in [0.05, 0.1) is 12.8 Å². The van der Waals surface area contributed by atoms with Crippen molar-refractivity contribution in [3.63, 3.8) is 0 Å². The normalized spacial score (nSPS) is 10.4. The van der Waals surface area contributed by atoms with Gasteiger partial charge in [0.25, 0.3) is 0 Å². The van der Waals surface area contributed by atoms with Gasteiger partial charge < -0.3 is 4.74 Å². The van der Waals surface area contributed by atoms with E-state index in [0.29, 0.717) is 11.5 Å². The van der Waals surface area contributed by atoms with Crippen molar-refractivity contribution >= 4 is 0 Å². The summed E-state index contributed by atoms with van der Waals surface area (Å²) in [6, 6.07) is 16.7. The highest BCUT2D eigenvalue weighted by Gasteiger charge is 2.08. The molecule has 0 bridgehead atoms. The number of aromatic amines is 1. The molecule has 0 saturated carbocycles. The summed E-state index contributed by atoms with van der Waals surface area (Å²) in [4.78, 5) is 14.7. The third-order valence-corrected chi connectivity index (χ3v) is 2.98. The average Bonchev–Trinajstić information content (AvgIpc) is 2.90. The van der Waals surface area contributed by atoms with Gasteiger partial charge in [0.2, 0.25) is 0 Å². The quantitative estimate of drug-likeness (QED) is 0.791. The number of benzene rings is 2. The first-order valence-electron chi connectivity index (χ1n) is 6.17. The molecule has 0 aliphatic rings. The number of methoxy groups -OCH3 is 1. The standard InChI is InChI=1S/C15H13N3O2/c1-20-13-9-7-12(8-10-13)18-15(19)16-14(17-18)11-5-3-2-4-6-11/h2-10H,1H3,(H,16,17,19). The number of hydrogen-bond acceptors (Lipinski definition) is 3. The summed E-state index contributed by atoms with van der Waals surface area (Å²) in [5.74, 6) is 1.28. The van der Waals surface area contributed by atoms with Crippen LogP contribution in [0.2, 0.25) is 0 Å². The lowest BCUT2D eigenvalue weighted by atomic mass is 10.2.